The highest BCUT2D eigenvalue weighted by Crippen LogP contribution is 2.57. The van der Waals surface area contributed by atoms with Crippen molar-refractivity contribution in [2.45, 2.75) is 39.7 Å². The Hall–Kier alpha value is -4.33. The number of allylic oxidation sites excluding steroid dienone is 4. The number of rotatable bonds is 5. The van der Waals surface area contributed by atoms with E-state index in [0.29, 0.717) is 18.8 Å². The second kappa shape index (κ2) is 8.12. The van der Waals surface area contributed by atoms with E-state index in [2.05, 4.69) is 9.88 Å². The van der Waals surface area contributed by atoms with E-state index in [1.54, 1.807) is 13.8 Å². The Morgan fingerprint density at radius 2 is 1.83 bits per heavy atom. The number of phenolic OH excluding ortho intramolecular Hbond substituents is 2. The van der Waals surface area contributed by atoms with Crippen LogP contribution in [0.3, 0.4) is 0 Å². The molecule has 1 aromatic heterocycles. The molecule has 8 heteroatoms. The van der Waals surface area contributed by atoms with Gasteiger partial charge in [-0.1, -0.05) is 18.2 Å². The van der Waals surface area contributed by atoms with Crippen LogP contribution in [0.5, 0.6) is 17.2 Å². The third-order valence-electron chi connectivity index (χ3n) is 7.18. The molecule has 1 atom stereocenters. The van der Waals surface area contributed by atoms with Crippen molar-refractivity contribution >= 4 is 28.3 Å². The molecule has 2 heterocycles. The fourth-order valence-electron chi connectivity index (χ4n) is 5.15. The number of fused-ring (bicyclic) bond motifs is 4. The number of phenols is 2. The maximum atomic E-state index is 13.8. The summed E-state index contributed by atoms with van der Waals surface area (Å²) in [5, 5.41) is 25.7. The van der Waals surface area contributed by atoms with Crippen LogP contribution in [0.2, 0.25) is 0 Å². The number of hydrogen-bond acceptors (Lipinski definition) is 7. The summed E-state index contributed by atoms with van der Waals surface area (Å²) in [6.45, 7) is 7.02. The number of aromatic nitrogens is 1. The number of aromatic hydroxyl groups is 2. The van der Waals surface area contributed by atoms with Gasteiger partial charge in [-0.15, -0.1) is 0 Å². The molecule has 2 aliphatic rings. The molecule has 3 aromatic rings. The Morgan fingerprint density at radius 3 is 2.56 bits per heavy atom. The molecule has 0 radical (unpaired) electrons. The van der Waals surface area contributed by atoms with Gasteiger partial charge >= 0.3 is 0 Å². The SMILES string of the molecule is CC(=O)c1c(O)c(C)c(O)c2c1OC1=CC(=O)/C(=C(/C)NCCn3ccc4ccccc43)C(=O)[C@]12C. The van der Waals surface area contributed by atoms with Crippen molar-refractivity contribution < 1.29 is 29.3 Å². The number of ether oxygens (including phenoxy) is 1. The van der Waals surface area contributed by atoms with E-state index in [0.717, 1.165) is 10.9 Å². The topological polar surface area (TPSA) is 118 Å². The van der Waals surface area contributed by atoms with Crippen LogP contribution in [0, 0.1) is 6.92 Å². The first-order chi connectivity index (χ1) is 17.1. The monoisotopic (exact) mass is 486 g/mol. The van der Waals surface area contributed by atoms with Gasteiger partial charge < -0.3 is 24.8 Å². The molecule has 1 aliphatic heterocycles. The average Bonchev–Trinajstić information content (AvgIpc) is 3.37. The van der Waals surface area contributed by atoms with E-state index in [1.807, 2.05) is 36.5 Å². The number of ketones is 3. The molecular weight excluding hydrogens is 460 g/mol. The minimum absolute atomic E-state index is 0.0191. The van der Waals surface area contributed by atoms with Gasteiger partial charge in [0.2, 0.25) is 0 Å². The first-order valence-electron chi connectivity index (χ1n) is 11.6. The van der Waals surface area contributed by atoms with Crippen LogP contribution in [0.1, 0.15) is 42.3 Å². The molecule has 0 spiro atoms. The first-order valence-corrected chi connectivity index (χ1v) is 11.6. The summed E-state index contributed by atoms with van der Waals surface area (Å²) in [5.74, 6) is -2.39. The summed E-state index contributed by atoms with van der Waals surface area (Å²) >= 11 is 0. The zero-order valence-corrected chi connectivity index (χ0v) is 20.4. The molecule has 184 valence electrons. The minimum atomic E-state index is -1.52. The molecule has 3 N–H and O–H groups in total. The lowest BCUT2D eigenvalue weighted by atomic mass is 9.70. The van der Waals surface area contributed by atoms with Gasteiger partial charge in [0.05, 0.1) is 11.1 Å². The standard InChI is InChI=1S/C28H26N2O6/c1-14-24(33)22(16(3)31)26-23(25(14)34)28(4)20(36-26)13-19(32)21(27(28)35)15(2)29-10-12-30-11-9-17-7-5-6-8-18(17)30/h5-9,11,13,29,33-34H,10,12H2,1-4H3/b21-15+/t28-/m1/s1. The number of para-hydroxylation sites is 1. The molecule has 0 unspecified atom stereocenters. The number of carbonyl (C=O) groups excluding carboxylic acids is 3. The third-order valence-corrected chi connectivity index (χ3v) is 7.18. The van der Waals surface area contributed by atoms with Crippen molar-refractivity contribution in [1.82, 2.24) is 9.88 Å². The lowest BCUT2D eigenvalue weighted by Crippen LogP contribution is -2.41. The normalized spacial score (nSPS) is 20.1. The zero-order chi connectivity index (χ0) is 25.9. The van der Waals surface area contributed by atoms with Crippen molar-refractivity contribution in [3.63, 3.8) is 0 Å². The second-order valence-corrected chi connectivity index (χ2v) is 9.38. The highest BCUT2D eigenvalue weighted by molar-refractivity contribution is 6.31. The summed E-state index contributed by atoms with van der Waals surface area (Å²) in [5.41, 5.74) is -0.0473. The molecule has 1 aliphatic carbocycles. The fourth-order valence-corrected chi connectivity index (χ4v) is 5.15. The molecule has 0 fully saturated rings. The van der Waals surface area contributed by atoms with E-state index >= 15 is 0 Å². The van der Waals surface area contributed by atoms with Gasteiger partial charge in [-0.25, -0.2) is 0 Å². The molecule has 36 heavy (non-hydrogen) atoms. The number of Topliss-reactive ketones (excluding diaryl/α,β-unsaturated/α-hetero) is 2. The Balaban J connectivity index is 1.51. The van der Waals surface area contributed by atoms with Gasteiger partial charge in [-0.2, -0.15) is 0 Å². The van der Waals surface area contributed by atoms with Crippen LogP contribution >= 0.6 is 0 Å². The predicted molar refractivity (Wildman–Crippen MR) is 133 cm³/mol. The molecule has 2 aromatic carbocycles. The van der Waals surface area contributed by atoms with Gasteiger partial charge in [-0.3, -0.25) is 14.4 Å². The molecule has 0 saturated heterocycles. The van der Waals surface area contributed by atoms with E-state index in [-0.39, 0.29) is 39.5 Å². The van der Waals surface area contributed by atoms with Crippen molar-refractivity contribution in [1.29, 1.82) is 0 Å². The quantitative estimate of drug-likeness (QED) is 0.285. The van der Waals surface area contributed by atoms with E-state index in [1.165, 1.54) is 19.9 Å². The smallest absolute Gasteiger partial charge is 0.194 e. The van der Waals surface area contributed by atoms with Crippen molar-refractivity contribution in [2.75, 3.05) is 6.54 Å². The van der Waals surface area contributed by atoms with Crippen molar-refractivity contribution in [3.8, 4) is 17.2 Å². The Morgan fingerprint density at radius 1 is 1.11 bits per heavy atom. The number of nitrogens with zero attached hydrogens (tertiary/aromatic N) is 1. The number of nitrogens with one attached hydrogen (secondary N) is 1. The summed E-state index contributed by atoms with van der Waals surface area (Å²) < 4.78 is 7.88. The molecule has 0 bridgehead atoms. The largest absolute Gasteiger partial charge is 0.507 e. The van der Waals surface area contributed by atoms with Crippen LogP contribution in [-0.2, 0) is 21.5 Å². The predicted octanol–water partition coefficient (Wildman–Crippen LogP) is 3.81. The average molecular weight is 487 g/mol. The highest BCUT2D eigenvalue weighted by atomic mass is 16.5. The van der Waals surface area contributed by atoms with Crippen molar-refractivity contribution in [2.24, 2.45) is 0 Å². The maximum Gasteiger partial charge on any atom is 0.194 e. The maximum absolute atomic E-state index is 13.8. The van der Waals surface area contributed by atoms with E-state index < -0.39 is 28.5 Å². The van der Waals surface area contributed by atoms with Gasteiger partial charge in [-0.05, 0) is 45.2 Å². The fraction of sp³-hybridized carbons (Fsp3) is 0.250. The Kier molecular flexibility index (Phi) is 5.28. The van der Waals surface area contributed by atoms with Crippen LogP contribution < -0.4 is 10.1 Å². The first kappa shape index (κ1) is 23.4. The van der Waals surface area contributed by atoms with Gasteiger partial charge in [0.25, 0.3) is 0 Å². The zero-order valence-electron chi connectivity index (χ0n) is 20.4. The van der Waals surface area contributed by atoms with Gasteiger partial charge in [0, 0.05) is 42.1 Å². The third kappa shape index (κ3) is 3.17. The van der Waals surface area contributed by atoms with Gasteiger partial charge in [0.1, 0.15) is 34.0 Å². The summed E-state index contributed by atoms with van der Waals surface area (Å²) in [4.78, 5) is 39.2. The second-order valence-electron chi connectivity index (χ2n) is 9.38. The molecule has 0 saturated carbocycles. The van der Waals surface area contributed by atoms with Crippen molar-refractivity contribution in [3.05, 3.63) is 76.3 Å². The van der Waals surface area contributed by atoms with Gasteiger partial charge in [0.15, 0.2) is 17.3 Å². The van der Waals surface area contributed by atoms with Crippen LogP contribution in [0.15, 0.2) is 59.6 Å². The molecular formula is C28H26N2O6. The molecule has 5 rings (SSSR count). The highest BCUT2D eigenvalue weighted by Gasteiger charge is 2.56. The van der Waals surface area contributed by atoms with E-state index in [9.17, 15) is 24.6 Å². The summed E-state index contributed by atoms with van der Waals surface area (Å²) in [6, 6.07) is 10.0. The Labute approximate surface area is 207 Å². The van der Waals surface area contributed by atoms with Crippen LogP contribution in [0.25, 0.3) is 10.9 Å². The molecule has 0 amide bonds. The summed E-state index contributed by atoms with van der Waals surface area (Å²) in [6.07, 6.45) is 3.21. The van der Waals surface area contributed by atoms with E-state index in [4.69, 9.17) is 4.74 Å². The number of hydrogen-bond donors (Lipinski definition) is 3. The lowest BCUT2D eigenvalue weighted by molar-refractivity contribution is -0.123. The summed E-state index contributed by atoms with van der Waals surface area (Å²) in [7, 11) is 0. The minimum Gasteiger partial charge on any atom is -0.507 e. The van der Waals surface area contributed by atoms with Crippen LogP contribution in [-0.4, -0.2) is 38.7 Å². The number of benzene rings is 2. The number of carbonyl (C=O) groups is 3. The molecule has 8 nitrogen and oxygen atoms in total. The lowest BCUT2D eigenvalue weighted by Gasteiger charge is -2.29. The van der Waals surface area contributed by atoms with Crippen LogP contribution in [0.4, 0.5) is 0 Å². The Bertz CT molecular complexity index is 1560.